The first-order chi connectivity index (χ1) is 9.95. The van der Waals surface area contributed by atoms with Crippen LogP contribution in [0.15, 0.2) is 23.6 Å². The third-order valence-corrected chi connectivity index (χ3v) is 3.42. The molecule has 21 heavy (non-hydrogen) atoms. The van der Waals surface area contributed by atoms with Crippen LogP contribution in [-0.4, -0.2) is 23.3 Å². The minimum Gasteiger partial charge on any atom is -0.484 e. The van der Waals surface area contributed by atoms with Crippen molar-refractivity contribution in [3.8, 4) is 5.75 Å². The molecule has 5 nitrogen and oxygen atoms in total. The van der Waals surface area contributed by atoms with Crippen LogP contribution in [0.3, 0.4) is 0 Å². The molecule has 110 valence electrons. The van der Waals surface area contributed by atoms with Crippen molar-refractivity contribution in [3.05, 3.63) is 40.1 Å². The molecule has 0 fully saturated rings. The number of rotatable bonds is 5. The van der Waals surface area contributed by atoms with Crippen LogP contribution in [0.1, 0.15) is 17.4 Å². The van der Waals surface area contributed by atoms with E-state index in [0.717, 1.165) is 17.4 Å². The van der Waals surface area contributed by atoms with E-state index in [9.17, 15) is 14.0 Å². The molecular formula is C13H10ClFN2O3S. The number of carbonyl (C=O) groups is 2. The number of benzene rings is 1. The van der Waals surface area contributed by atoms with Crippen molar-refractivity contribution in [1.29, 1.82) is 0 Å². The Labute approximate surface area is 128 Å². The Morgan fingerprint density at radius 3 is 2.86 bits per heavy atom. The second-order valence-corrected chi connectivity index (χ2v) is 5.27. The lowest BCUT2D eigenvalue weighted by Crippen LogP contribution is -2.20. The highest BCUT2D eigenvalue weighted by molar-refractivity contribution is 7.14. The molecule has 1 aromatic heterocycles. The standard InChI is InChI=1S/C13H10ClFN2O3S/c1-7(18)11-6-21-13(16-11)17-12(19)5-20-8-2-3-10(15)9(14)4-8/h2-4,6H,5H2,1H3,(H,16,17,19). The number of Topliss-reactive ketones (excluding diaryl/α,β-unsaturated/α-hetero) is 1. The van der Waals surface area contributed by atoms with Gasteiger partial charge in [0.25, 0.3) is 5.91 Å². The molecule has 0 spiro atoms. The van der Waals surface area contributed by atoms with Crippen LogP contribution in [0.2, 0.25) is 5.02 Å². The number of nitrogens with one attached hydrogen (secondary N) is 1. The Morgan fingerprint density at radius 1 is 1.48 bits per heavy atom. The normalized spacial score (nSPS) is 10.2. The summed E-state index contributed by atoms with van der Waals surface area (Å²) in [5, 5.41) is 4.28. The molecule has 0 unspecified atom stereocenters. The molecule has 0 saturated carbocycles. The average Bonchev–Trinajstić information content (AvgIpc) is 2.89. The zero-order valence-corrected chi connectivity index (χ0v) is 12.4. The Morgan fingerprint density at radius 2 is 2.24 bits per heavy atom. The van der Waals surface area contributed by atoms with Gasteiger partial charge in [-0.3, -0.25) is 14.9 Å². The maximum absolute atomic E-state index is 13.0. The van der Waals surface area contributed by atoms with Crippen molar-refractivity contribution < 1.29 is 18.7 Å². The third kappa shape index (κ3) is 4.24. The summed E-state index contributed by atoms with van der Waals surface area (Å²) in [5.41, 5.74) is 0.293. The summed E-state index contributed by atoms with van der Waals surface area (Å²) in [6.45, 7) is 1.11. The van der Waals surface area contributed by atoms with Gasteiger partial charge in [-0.2, -0.15) is 0 Å². The van der Waals surface area contributed by atoms with Crippen LogP contribution in [-0.2, 0) is 4.79 Å². The Balaban J connectivity index is 1.89. The maximum Gasteiger partial charge on any atom is 0.264 e. The molecule has 1 aromatic carbocycles. The molecule has 1 heterocycles. The van der Waals surface area contributed by atoms with Crippen LogP contribution in [0.5, 0.6) is 5.75 Å². The van der Waals surface area contributed by atoms with Gasteiger partial charge in [-0.25, -0.2) is 9.37 Å². The SMILES string of the molecule is CC(=O)c1csc(NC(=O)COc2ccc(F)c(Cl)c2)n1. The van der Waals surface area contributed by atoms with E-state index in [1.165, 1.54) is 19.1 Å². The Kier molecular flexibility index (Phi) is 4.87. The molecule has 0 aliphatic heterocycles. The summed E-state index contributed by atoms with van der Waals surface area (Å²) in [4.78, 5) is 26.7. The molecule has 0 bridgehead atoms. The number of carbonyl (C=O) groups excluding carboxylic acids is 2. The van der Waals surface area contributed by atoms with E-state index in [1.54, 1.807) is 5.38 Å². The quantitative estimate of drug-likeness (QED) is 0.856. The van der Waals surface area contributed by atoms with E-state index in [0.29, 0.717) is 10.8 Å². The van der Waals surface area contributed by atoms with E-state index in [-0.39, 0.29) is 23.2 Å². The molecule has 0 radical (unpaired) electrons. The van der Waals surface area contributed by atoms with Crippen molar-refractivity contribution in [3.63, 3.8) is 0 Å². The van der Waals surface area contributed by atoms with Gasteiger partial charge in [-0.05, 0) is 12.1 Å². The van der Waals surface area contributed by atoms with Crippen molar-refractivity contribution in [1.82, 2.24) is 4.98 Å². The smallest absolute Gasteiger partial charge is 0.264 e. The molecule has 0 atom stereocenters. The van der Waals surface area contributed by atoms with Gasteiger partial charge in [0.05, 0.1) is 5.02 Å². The summed E-state index contributed by atoms with van der Waals surface area (Å²) in [5.74, 6) is -0.906. The van der Waals surface area contributed by atoms with Crippen LogP contribution in [0.25, 0.3) is 0 Å². The fraction of sp³-hybridized carbons (Fsp3) is 0.154. The molecule has 0 aliphatic carbocycles. The van der Waals surface area contributed by atoms with Crippen LogP contribution < -0.4 is 10.1 Å². The number of ketones is 1. The van der Waals surface area contributed by atoms with E-state index in [1.807, 2.05) is 0 Å². The van der Waals surface area contributed by atoms with E-state index < -0.39 is 11.7 Å². The summed E-state index contributed by atoms with van der Waals surface area (Å²) in [6.07, 6.45) is 0. The van der Waals surface area contributed by atoms with Gasteiger partial charge in [-0.15, -0.1) is 11.3 Å². The number of hydrogen-bond donors (Lipinski definition) is 1. The molecule has 2 aromatic rings. The monoisotopic (exact) mass is 328 g/mol. The van der Waals surface area contributed by atoms with Crippen LogP contribution >= 0.6 is 22.9 Å². The third-order valence-electron chi connectivity index (χ3n) is 2.37. The van der Waals surface area contributed by atoms with Gasteiger partial charge >= 0.3 is 0 Å². The summed E-state index contributed by atoms with van der Waals surface area (Å²) >= 11 is 6.74. The fourth-order valence-corrected chi connectivity index (χ4v) is 2.30. The second kappa shape index (κ2) is 6.64. The number of anilines is 1. The van der Waals surface area contributed by atoms with E-state index >= 15 is 0 Å². The van der Waals surface area contributed by atoms with E-state index in [2.05, 4.69) is 10.3 Å². The van der Waals surface area contributed by atoms with Crippen molar-refractivity contribution in [2.75, 3.05) is 11.9 Å². The molecule has 8 heteroatoms. The highest BCUT2D eigenvalue weighted by Crippen LogP contribution is 2.21. The lowest BCUT2D eigenvalue weighted by molar-refractivity contribution is -0.118. The summed E-state index contributed by atoms with van der Waals surface area (Å²) in [7, 11) is 0. The zero-order valence-electron chi connectivity index (χ0n) is 10.9. The topological polar surface area (TPSA) is 68.3 Å². The highest BCUT2D eigenvalue weighted by atomic mass is 35.5. The lowest BCUT2D eigenvalue weighted by Gasteiger charge is -2.06. The second-order valence-electron chi connectivity index (χ2n) is 4.01. The van der Waals surface area contributed by atoms with Gasteiger partial charge in [0.1, 0.15) is 17.3 Å². The van der Waals surface area contributed by atoms with Gasteiger partial charge in [-0.1, -0.05) is 11.6 Å². The number of halogens is 2. The number of ether oxygens (including phenoxy) is 1. The van der Waals surface area contributed by atoms with E-state index in [4.69, 9.17) is 16.3 Å². The van der Waals surface area contributed by atoms with Crippen LogP contribution in [0, 0.1) is 5.82 Å². The zero-order chi connectivity index (χ0) is 15.4. The Bertz CT molecular complexity index is 690. The minimum atomic E-state index is -0.562. The number of thiazole rings is 1. The highest BCUT2D eigenvalue weighted by Gasteiger charge is 2.10. The summed E-state index contributed by atoms with van der Waals surface area (Å²) in [6, 6.07) is 3.79. The largest absolute Gasteiger partial charge is 0.484 e. The van der Waals surface area contributed by atoms with Crippen molar-refractivity contribution >= 4 is 39.8 Å². The van der Waals surface area contributed by atoms with Crippen LogP contribution in [0.4, 0.5) is 9.52 Å². The van der Waals surface area contributed by atoms with Gasteiger partial charge in [0.2, 0.25) is 0 Å². The molecule has 0 aliphatic rings. The fourth-order valence-electron chi connectivity index (χ4n) is 1.36. The molecule has 2 rings (SSSR count). The number of amides is 1. The first-order valence-electron chi connectivity index (χ1n) is 5.80. The van der Waals surface area contributed by atoms with Gasteiger partial charge < -0.3 is 4.74 Å². The average molecular weight is 329 g/mol. The molecule has 1 amide bonds. The molecule has 0 saturated heterocycles. The Hall–Kier alpha value is -1.99. The molecular weight excluding hydrogens is 319 g/mol. The van der Waals surface area contributed by atoms with Gasteiger partial charge in [0, 0.05) is 18.4 Å². The predicted molar refractivity (Wildman–Crippen MR) is 77.7 cm³/mol. The number of nitrogens with zero attached hydrogens (tertiary/aromatic N) is 1. The number of hydrogen-bond acceptors (Lipinski definition) is 5. The van der Waals surface area contributed by atoms with Crippen molar-refractivity contribution in [2.24, 2.45) is 0 Å². The van der Waals surface area contributed by atoms with Crippen molar-refractivity contribution in [2.45, 2.75) is 6.92 Å². The predicted octanol–water partition coefficient (Wildman–Crippen LogP) is 3.16. The minimum absolute atomic E-state index is 0.0843. The first-order valence-corrected chi connectivity index (χ1v) is 7.05. The number of aromatic nitrogens is 1. The van der Waals surface area contributed by atoms with Gasteiger partial charge in [0.15, 0.2) is 17.5 Å². The first kappa shape index (κ1) is 15.4. The lowest BCUT2D eigenvalue weighted by atomic mass is 10.3. The maximum atomic E-state index is 13.0. The summed E-state index contributed by atoms with van der Waals surface area (Å²) < 4.78 is 18.1. The molecule has 1 N–H and O–H groups in total.